The number of rotatable bonds is 8. The van der Waals surface area contributed by atoms with Crippen LogP contribution in [0.5, 0.6) is 5.75 Å². The molecular formula is C23H30O4. The second kappa shape index (κ2) is 9.63. The van der Waals surface area contributed by atoms with Crippen LogP contribution in [0.2, 0.25) is 0 Å². The van der Waals surface area contributed by atoms with Crippen LogP contribution in [-0.4, -0.2) is 12.6 Å². The van der Waals surface area contributed by atoms with E-state index in [0.29, 0.717) is 18.3 Å². The first-order valence-corrected chi connectivity index (χ1v) is 10.1. The predicted octanol–water partition coefficient (Wildman–Crippen LogP) is 6.11. The molecule has 1 aromatic heterocycles. The van der Waals surface area contributed by atoms with Crippen molar-refractivity contribution in [2.75, 3.05) is 6.61 Å². The van der Waals surface area contributed by atoms with Crippen LogP contribution in [0, 0.1) is 5.92 Å². The summed E-state index contributed by atoms with van der Waals surface area (Å²) in [7, 11) is 0. The molecule has 0 amide bonds. The summed E-state index contributed by atoms with van der Waals surface area (Å²) in [5.74, 6) is 2.64. The van der Waals surface area contributed by atoms with E-state index in [4.69, 9.17) is 13.9 Å². The highest BCUT2D eigenvalue weighted by Gasteiger charge is 2.17. The number of esters is 1. The van der Waals surface area contributed by atoms with Crippen molar-refractivity contribution in [1.82, 2.24) is 0 Å². The van der Waals surface area contributed by atoms with Gasteiger partial charge in [-0.05, 0) is 55.0 Å². The van der Waals surface area contributed by atoms with Gasteiger partial charge in [0.1, 0.15) is 18.1 Å². The lowest BCUT2D eigenvalue weighted by Gasteiger charge is -2.24. The highest BCUT2D eigenvalue weighted by Crippen LogP contribution is 2.33. The molecule has 4 nitrogen and oxygen atoms in total. The molecule has 1 atom stereocenters. The molecule has 1 aromatic carbocycles. The average Bonchev–Trinajstić information content (AvgIpc) is 3.17. The van der Waals surface area contributed by atoms with E-state index >= 15 is 0 Å². The second-order valence-electron chi connectivity index (χ2n) is 7.48. The van der Waals surface area contributed by atoms with Crippen molar-refractivity contribution < 1.29 is 18.7 Å². The summed E-state index contributed by atoms with van der Waals surface area (Å²) in [6, 6.07) is 11.7. The highest BCUT2D eigenvalue weighted by atomic mass is 16.5. The fourth-order valence-electron chi connectivity index (χ4n) is 3.87. The summed E-state index contributed by atoms with van der Waals surface area (Å²) in [5.41, 5.74) is 1.37. The monoisotopic (exact) mass is 370 g/mol. The minimum atomic E-state index is -0.444. The van der Waals surface area contributed by atoms with Crippen molar-refractivity contribution in [3.63, 3.8) is 0 Å². The van der Waals surface area contributed by atoms with Gasteiger partial charge in [-0.25, -0.2) is 4.79 Å². The van der Waals surface area contributed by atoms with Gasteiger partial charge < -0.3 is 13.9 Å². The van der Waals surface area contributed by atoms with E-state index in [-0.39, 0.29) is 12.4 Å². The summed E-state index contributed by atoms with van der Waals surface area (Å²) >= 11 is 0. The van der Waals surface area contributed by atoms with E-state index < -0.39 is 5.97 Å². The molecule has 0 bridgehead atoms. The van der Waals surface area contributed by atoms with Crippen LogP contribution in [0.3, 0.4) is 0 Å². The number of carbonyl (C=O) groups is 1. The summed E-state index contributed by atoms with van der Waals surface area (Å²) in [5, 5.41) is 0. The number of furan rings is 1. The molecule has 2 aromatic rings. The number of hydrogen-bond acceptors (Lipinski definition) is 4. The molecule has 1 saturated carbocycles. The average molecular weight is 370 g/mol. The van der Waals surface area contributed by atoms with Gasteiger partial charge >= 0.3 is 5.97 Å². The zero-order chi connectivity index (χ0) is 19.1. The Labute approximate surface area is 161 Å². The Kier molecular flexibility index (Phi) is 6.97. The van der Waals surface area contributed by atoms with Gasteiger partial charge in [-0.1, -0.05) is 51.2 Å². The third kappa shape index (κ3) is 5.62. The van der Waals surface area contributed by atoms with E-state index in [0.717, 1.165) is 11.7 Å². The normalized spacial score (nSPS) is 16.1. The largest absolute Gasteiger partial charge is 0.486 e. The molecule has 0 radical (unpaired) electrons. The SMILES string of the molecule is CCOC(=O)c1ccc(COc2ccc(C(C)CC3CCCCC3)cc2)o1. The molecule has 1 fully saturated rings. The molecule has 0 spiro atoms. The third-order valence-electron chi connectivity index (χ3n) is 5.38. The molecule has 0 aliphatic heterocycles. The van der Waals surface area contributed by atoms with Gasteiger partial charge in [-0.2, -0.15) is 0 Å². The predicted molar refractivity (Wildman–Crippen MR) is 105 cm³/mol. The van der Waals surface area contributed by atoms with Crippen molar-refractivity contribution in [1.29, 1.82) is 0 Å². The van der Waals surface area contributed by atoms with Crippen LogP contribution in [-0.2, 0) is 11.3 Å². The standard InChI is InChI=1S/C23H30O4/c1-3-25-23(24)22-14-13-21(27-22)16-26-20-11-9-19(10-12-20)17(2)15-18-7-5-4-6-8-18/h9-14,17-18H,3-8,15-16H2,1-2H3. The molecule has 1 unspecified atom stereocenters. The first kappa shape index (κ1) is 19.5. The fourth-order valence-corrected chi connectivity index (χ4v) is 3.87. The highest BCUT2D eigenvalue weighted by molar-refractivity contribution is 5.86. The summed E-state index contributed by atoms with van der Waals surface area (Å²) in [4.78, 5) is 11.6. The molecule has 27 heavy (non-hydrogen) atoms. The van der Waals surface area contributed by atoms with Crippen molar-refractivity contribution in [3.8, 4) is 5.75 Å². The number of carbonyl (C=O) groups excluding carboxylic acids is 1. The summed E-state index contributed by atoms with van der Waals surface area (Å²) in [6.07, 6.45) is 8.27. The van der Waals surface area contributed by atoms with Crippen LogP contribution >= 0.6 is 0 Å². The molecule has 3 rings (SSSR count). The van der Waals surface area contributed by atoms with E-state index in [1.165, 1.54) is 44.1 Å². The molecular weight excluding hydrogens is 340 g/mol. The van der Waals surface area contributed by atoms with E-state index in [9.17, 15) is 4.79 Å². The topological polar surface area (TPSA) is 48.7 Å². The zero-order valence-electron chi connectivity index (χ0n) is 16.4. The van der Waals surface area contributed by atoms with Gasteiger partial charge in [0.25, 0.3) is 0 Å². The van der Waals surface area contributed by atoms with Gasteiger partial charge in [0.05, 0.1) is 6.61 Å². The first-order chi connectivity index (χ1) is 13.2. The third-order valence-corrected chi connectivity index (χ3v) is 5.38. The molecule has 0 saturated heterocycles. The van der Waals surface area contributed by atoms with Crippen LogP contribution in [0.25, 0.3) is 0 Å². The summed E-state index contributed by atoms with van der Waals surface area (Å²) < 4.78 is 16.2. The second-order valence-corrected chi connectivity index (χ2v) is 7.48. The maximum absolute atomic E-state index is 11.6. The van der Waals surface area contributed by atoms with Crippen molar-refractivity contribution in [2.45, 2.75) is 64.9 Å². The number of hydrogen-bond donors (Lipinski definition) is 0. The van der Waals surface area contributed by atoms with Gasteiger partial charge in [-0.15, -0.1) is 0 Å². The van der Waals surface area contributed by atoms with Crippen LogP contribution in [0.1, 0.15) is 80.2 Å². The Bertz CT molecular complexity index is 710. The lowest BCUT2D eigenvalue weighted by molar-refractivity contribution is 0.0486. The van der Waals surface area contributed by atoms with Crippen molar-refractivity contribution in [2.24, 2.45) is 5.92 Å². The van der Waals surface area contributed by atoms with E-state index in [2.05, 4.69) is 19.1 Å². The Balaban J connectivity index is 1.49. The molecule has 1 aliphatic carbocycles. The molecule has 0 N–H and O–H groups in total. The minimum absolute atomic E-state index is 0.210. The lowest BCUT2D eigenvalue weighted by atomic mass is 9.81. The van der Waals surface area contributed by atoms with Crippen LogP contribution in [0.4, 0.5) is 0 Å². The molecule has 4 heteroatoms. The Morgan fingerprint density at radius 1 is 1.11 bits per heavy atom. The summed E-state index contributed by atoms with van der Waals surface area (Å²) in [6.45, 7) is 4.71. The van der Waals surface area contributed by atoms with Gasteiger partial charge in [0.2, 0.25) is 5.76 Å². The van der Waals surface area contributed by atoms with Gasteiger partial charge in [0.15, 0.2) is 0 Å². The van der Waals surface area contributed by atoms with Crippen molar-refractivity contribution >= 4 is 5.97 Å². The van der Waals surface area contributed by atoms with E-state index in [1.54, 1.807) is 19.1 Å². The molecule has 146 valence electrons. The molecule has 1 aliphatic rings. The van der Waals surface area contributed by atoms with Crippen LogP contribution in [0.15, 0.2) is 40.8 Å². The van der Waals surface area contributed by atoms with Crippen molar-refractivity contribution in [3.05, 3.63) is 53.5 Å². The van der Waals surface area contributed by atoms with Gasteiger partial charge in [0, 0.05) is 0 Å². The molecule has 1 heterocycles. The van der Waals surface area contributed by atoms with Gasteiger partial charge in [-0.3, -0.25) is 0 Å². The lowest BCUT2D eigenvalue weighted by Crippen LogP contribution is -2.09. The maximum Gasteiger partial charge on any atom is 0.374 e. The zero-order valence-corrected chi connectivity index (χ0v) is 16.4. The minimum Gasteiger partial charge on any atom is -0.486 e. The Morgan fingerprint density at radius 2 is 1.85 bits per heavy atom. The fraction of sp³-hybridized carbons (Fsp3) is 0.522. The Hall–Kier alpha value is -2.23. The Morgan fingerprint density at radius 3 is 2.56 bits per heavy atom. The quantitative estimate of drug-likeness (QED) is 0.526. The smallest absolute Gasteiger partial charge is 0.374 e. The van der Waals surface area contributed by atoms with Crippen LogP contribution < -0.4 is 4.74 Å². The number of benzene rings is 1. The maximum atomic E-state index is 11.6. The first-order valence-electron chi connectivity index (χ1n) is 10.1. The number of ether oxygens (including phenoxy) is 2. The van der Waals surface area contributed by atoms with E-state index in [1.807, 2.05) is 12.1 Å².